The fourth-order valence-corrected chi connectivity index (χ4v) is 3.97. The summed E-state index contributed by atoms with van der Waals surface area (Å²) in [5.74, 6) is 0.853. The summed E-state index contributed by atoms with van der Waals surface area (Å²) in [6.45, 7) is 0.686. The van der Waals surface area contributed by atoms with Gasteiger partial charge in [0.1, 0.15) is 0 Å². The minimum absolute atomic E-state index is 0.514. The highest BCUT2D eigenvalue weighted by molar-refractivity contribution is 7.99. The van der Waals surface area contributed by atoms with Crippen LogP contribution in [-0.2, 0) is 6.54 Å². The number of aliphatic imine (C=N–C) groups is 1. The number of thioether (sulfide) groups is 1. The van der Waals surface area contributed by atoms with Crippen molar-refractivity contribution in [3.8, 4) is 5.69 Å². The van der Waals surface area contributed by atoms with E-state index in [0.717, 1.165) is 27.5 Å². The molecular weight excluding hydrogens is 354 g/mol. The van der Waals surface area contributed by atoms with Gasteiger partial charge in [-0.1, -0.05) is 11.6 Å². The van der Waals surface area contributed by atoms with Crippen molar-refractivity contribution in [1.82, 2.24) is 20.4 Å². The number of rotatable bonds is 5. The van der Waals surface area contributed by atoms with E-state index >= 15 is 0 Å². The first-order chi connectivity index (χ1) is 12.2. The first-order valence-electron chi connectivity index (χ1n) is 8.47. The molecule has 1 saturated carbocycles. The fourth-order valence-electron chi connectivity index (χ4n) is 3.05. The first-order valence-corrected chi connectivity index (χ1v) is 10.1. The van der Waals surface area contributed by atoms with Gasteiger partial charge in [0.2, 0.25) is 0 Å². The quantitative estimate of drug-likeness (QED) is 0.618. The Balaban J connectivity index is 1.53. The standard InChI is InChI=1S/C18H24ClN5S/c1-20-18(23-15-5-8-17(9-15)25-2)21-10-13-11-22-24(12-13)16-6-3-14(19)4-7-16/h3-4,6-7,11-12,15,17H,5,8-10H2,1-2H3,(H2,20,21,23). The molecule has 2 unspecified atom stereocenters. The van der Waals surface area contributed by atoms with Crippen molar-refractivity contribution in [2.75, 3.05) is 13.3 Å². The van der Waals surface area contributed by atoms with E-state index in [1.165, 1.54) is 19.3 Å². The molecule has 1 heterocycles. The lowest BCUT2D eigenvalue weighted by Crippen LogP contribution is -2.42. The van der Waals surface area contributed by atoms with Crippen LogP contribution in [-0.4, -0.2) is 40.3 Å². The van der Waals surface area contributed by atoms with E-state index in [4.69, 9.17) is 11.6 Å². The Morgan fingerprint density at radius 3 is 2.84 bits per heavy atom. The zero-order chi connectivity index (χ0) is 17.6. The molecule has 1 aromatic carbocycles. The van der Waals surface area contributed by atoms with Crippen molar-refractivity contribution in [3.05, 3.63) is 47.2 Å². The molecule has 5 nitrogen and oxygen atoms in total. The zero-order valence-corrected chi connectivity index (χ0v) is 16.1. The number of halogens is 1. The van der Waals surface area contributed by atoms with Crippen molar-refractivity contribution >= 4 is 29.3 Å². The Kier molecular flexibility index (Phi) is 6.26. The predicted octanol–water partition coefficient (Wildman–Crippen LogP) is 3.47. The molecule has 0 aliphatic heterocycles. The summed E-state index contributed by atoms with van der Waals surface area (Å²) in [6, 6.07) is 8.16. The van der Waals surface area contributed by atoms with Crippen LogP contribution >= 0.6 is 23.4 Å². The van der Waals surface area contributed by atoms with Crippen LogP contribution in [0.1, 0.15) is 24.8 Å². The van der Waals surface area contributed by atoms with Crippen molar-refractivity contribution in [2.24, 2.45) is 4.99 Å². The maximum atomic E-state index is 5.93. The monoisotopic (exact) mass is 377 g/mol. The van der Waals surface area contributed by atoms with Crippen LogP contribution in [0.25, 0.3) is 5.69 Å². The minimum Gasteiger partial charge on any atom is -0.354 e. The topological polar surface area (TPSA) is 54.2 Å². The molecule has 1 aliphatic rings. The van der Waals surface area contributed by atoms with Crippen LogP contribution < -0.4 is 10.6 Å². The van der Waals surface area contributed by atoms with E-state index in [1.54, 1.807) is 0 Å². The third kappa shape index (κ3) is 4.92. The molecule has 1 aromatic heterocycles. The molecule has 2 N–H and O–H groups in total. The van der Waals surface area contributed by atoms with Crippen LogP contribution in [0.5, 0.6) is 0 Å². The third-order valence-corrected chi connectivity index (χ3v) is 5.82. The zero-order valence-electron chi connectivity index (χ0n) is 14.6. The number of hydrogen-bond donors (Lipinski definition) is 2. The predicted molar refractivity (Wildman–Crippen MR) is 107 cm³/mol. The number of guanidine groups is 1. The van der Waals surface area contributed by atoms with Gasteiger partial charge < -0.3 is 10.6 Å². The van der Waals surface area contributed by atoms with Crippen molar-refractivity contribution in [3.63, 3.8) is 0 Å². The van der Waals surface area contributed by atoms with Crippen molar-refractivity contribution < 1.29 is 0 Å². The van der Waals surface area contributed by atoms with Gasteiger partial charge in [0.25, 0.3) is 0 Å². The Labute approximate surface area is 158 Å². The van der Waals surface area contributed by atoms with Crippen LogP contribution in [0.4, 0.5) is 0 Å². The Morgan fingerprint density at radius 2 is 2.16 bits per heavy atom. The maximum absolute atomic E-state index is 5.93. The van der Waals surface area contributed by atoms with Crippen molar-refractivity contribution in [2.45, 2.75) is 37.1 Å². The van der Waals surface area contributed by atoms with Crippen LogP contribution in [0.15, 0.2) is 41.7 Å². The maximum Gasteiger partial charge on any atom is 0.191 e. The highest BCUT2D eigenvalue weighted by Crippen LogP contribution is 2.28. The Hall–Kier alpha value is -1.66. The smallest absolute Gasteiger partial charge is 0.191 e. The van der Waals surface area contributed by atoms with E-state index in [-0.39, 0.29) is 0 Å². The number of nitrogens with one attached hydrogen (secondary N) is 2. The molecule has 1 aliphatic carbocycles. The number of nitrogens with zero attached hydrogens (tertiary/aromatic N) is 3. The summed E-state index contributed by atoms with van der Waals surface area (Å²) in [5, 5.41) is 12.8. The van der Waals surface area contributed by atoms with Crippen LogP contribution in [0.3, 0.4) is 0 Å². The van der Waals surface area contributed by atoms with Gasteiger partial charge in [0.15, 0.2) is 5.96 Å². The molecule has 0 saturated heterocycles. The molecule has 134 valence electrons. The van der Waals surface area contributed by atoms with E-state index in [2.05, 4.69) is 27.0 Å². The molecular formula is C18H24ClN5S. The lowest BCUT2D eigenvalue weighted by atomic mass is 10.2. The molecule has 0 radical (unpaired) electrons. The van der Waals surface area contributed by atoms with Gasteiger partial charge in [-0.05, 0) is 49.8 Å². The van der Waals surface area contributed by atoms with Gasteiger partial charge in [-0.25, -0.2) is 4.68 Å². The second kappa shape index (κ2) is 8.63. The van der Waals surface area contributed by atoms with Gasteiger partial charge >= 0.3 is 0 Å². The fraction of sp³-hybridized carbons (Fsp3) is 0.444. The summed E-state index contributed by atoms with van der Waals surface area (Å²) in [5.41, 5.74) is 2.10. The van der Waals surface area contributed by atoms with Crippen LogP contribution in [0.2, 0.25) is 5.02 Å². The molecule has 1 fully saturated rings. The molecule has 2 aromatic rings. The lowest BCUT2D eigenvalue weighted by Gasteiger charge is -2.17. The van der Waals surface area contributed by atoms with E-state index in [9.17, 15) is 0 Å². The normalized spacial score (nSPS) is 20.7. The Morgan fingerprint density at radius 1 is 1.36 bits per heavy atom. The summed E-state index contributed by atoms with van der Waals surface area (Å²) in [4.78, 5) is 4.34. The molecule has 3 rings (SSSR count). The summed E-state index contributed by atoms with van der Waals surface area (Å²) < 4.78 is 1.85. The van der Waals surface area contributed by atoms with E-state index in [1.807, 2.05) is 60.2 Å². The van der Waals surface area contributed by atoms with Gasteiger partial charge in [-0.3, -0.25) is 4.99 Å². The van der Waals surface area contributed by atoms with E-state index < -0.39 is 0 Å². The molecule has 25 heavy (non-hydrogen) atoms. The summed E-state index contributed by atoms with van der Waals surface area (Å²) in [7, 11) is 1.81. The molecule has 0 amide bonds. The average molecular weight is 378 g/mol. The lowest BCUT2D eigenvalue weighted by molar-refractivity contribution is 0.614. The van der Waals surface area contributed by atoms with E-state index in [0.29, 0.717) is 12.6 Å². The number of hydrogen-bond acceptors (Lipinski definition) is 3. The molecule has 2 atom stereocenters. The molecule has 7 heteroatoms. The SMILES string of the molecule is CN=C(NCc1cnn(-c2ccc(Cl)cc2)c1)NC1CCC(SC)C1. The Bertz CT molecular complexity index is 713. The van der Waals surface area contributed by atoms with Gasteiger partial charge in [-0.15, -0.1) is 0 Å². The van der Waals surface area contributed by atoms with Gasteiger partial charge in [-0.2, -0.15) is 16.9 Å². The minimum atomic E-state index is 0.514. The average Bonchev–Trinajstić information content (AvgIpc) is 3.28. The third-order valence-electron chi connectivity index (χ3n) is 4.47. The van der Waals surface area contributed by atoms with Gasteiger partial charge in [0, 0.05) is 41.7 Å². The highest BCUT2D eigenvalue weighted by atomic mass is 35.5. The van der Waals surface area contributed by atoms with Crippen molar-refractivity contribution in [1.29, 1.82) is 0 Å². The number of aromatic nitrogens is 2. The van der Waals surface area contributed by atoms with Gasteiger partial charge in [0.05, 0.1) is 11.9 Å². The molecule has 0 spiro atoms. The summed E-state index contributed by atoms with van der Waals surface area (Å²) in [6.07, 6.45) is 9.77. The van der Waals surface area contributed by atoms with Crippen LogP contribution in [0, 0.1) is 0 Å². The second-order valence-corrected chi connectivity index (χ2v) is 7.78. The largest absolute Gasteiger partial charge is 0.354 e. The number of benzene rings is 1. The summed E-state index contributed by atoms with van der Waals surface area (Å²) >= 11 is 7.89. The highest BCUT2D eigenvalue weighted by Gasteiger charge is 2.24. The first kappa shape index (κ1) is 18.1. The molecule has 0 bridgehead atoms. The second-order valence-electron chi connectivity index (χ2n) is 6.21.